The van der Waals surface area contributed by atoms with E-state index in [-0.39, 0.29) is 4.90 Å². The largest absolute Gasteiger partial charge is 0.492 e. The number of fused-ring (bicyclic) bond motifs is 1. The maximum absolute atomic E-state index is 13.0. The molecule has 0 atom stereocenters. The summed E-state index contributed by atoms with van der Waals surface area (Å²) in [4.78, 5) is 4.46. The number of ether oxygens (including phenoxy) is 1. The van der Waals surface area contributed by atoms with E-state index < -0.39 is 10.0 Å². The molecule has 1 N–H and O–H groups in total. The Morgan fingerprint density at radius 2 is 1.97 bits per heavy atom. The Morgan fingerprint density at radius 1 is 1.10 bits per heavy atom. The summed E-state index contributed by atoms with van der Waals surface area (Å²) in [5, 5.41) is 4.90. The number of aryl methyl sites for hydroxylation is 1. The molecule has 148 valence electrons. The van der Waals surface area contributed by atoms with Crippen LogP contribution in [0.1, 0.15) is 5.56 Å². The van der Waals surface area contributed by atoms with Gasteiger partial charge in [0.25, 0.3) is 10.0 Å². The summed E-state index contributed by atoms with van der Waals surface area (Å²) in [6.45, 7) is 2.94. The van der Waals surface area contributed by atoms with Crippen LogP contribution < -0.4 is 9.46 Å². The molecule has 29 heavy (non-hydrogen) atoms. The van der Waals surface area contributed by atoms with Crippen LogP contribution in [0.4, 0.5) is 5.69 Å². The van der Waals surface area contributed by atoms with Crippen LogP contribution in [0.25, 0.3) is 10.9 Å². The number of anilines is 1. The number of sulfonamides is 1. The van der Waals surface area contributed by atoms with Crippen LogP contribution in [-0.4, -0.2) is 29.8 Å². The van der Waals surface area contributed by atoms with E-state index in [0.717, 1.165) is 10.9 Å². The number of aromatic nitrogens is 3. The molecule has 0 aliphatic heterocycles. The molecule has 8 heteroatoms. The summed E-state index contributed by atoms with van der Waals surface area (Å²) in [7, 11) is -3.81. The van der Waals surface area contributed by atoms with Crippen LogP contribution >= 0.6 is 0 Å². The van der Waals surface area contributed by atoms with E-state index >= 15 is 0 Å². The van der Waals surface area contributed by atoms with Gasteiger partial charge in [-0.3, -0.25) is 14.4 Å². The third-order valence-electron chi connectivity index (χ3n) is 4.33. The molecule has 0 saturated heterocycles. The lowest BCUT2D eigenvalue weighted by molar-refractivity contribution is 0.291. The second kappa shape index (κ2) is 7.92. The first-order valence-corrected chi connectivity index (χ1v) is 10.6. The number of pyridine rings is 1. The first kappa shape index (κ1) is 18.9. The zero-order valence-electron chi connectivity index (χ0n) is 15.8. The quantitative estimate of drug-likeness (QED) is 0.505. The minimum atomic E-state index is -3.81. The highest BCUT2D eigenvalue weighted by Gasteiger charge is 2.18. The minimum absolute atomic E-state index is 0.139. The predicted molar refractivity (Wildman–Crippen MR) is 111 cm³/mol. The zero-order chi connectivity index (χ0) is 20.3. The van der Waals surface area contributed by atoms with E-state index in [2.05, 4.69) is 14.8 Å². The first-order chi connectivity index (χ1) is 14.0. The van der Waals surface area contributed by atoms with Crippen molar-refractivity contribution in [2.75, 3.05) is 11.3 Å². The molecule has 4 aromatic rings. The van der Waals surface area contributed by atoms with Crippen molar-refractivity contribution in [1.29, 1.82) is 0 Å². The van der Waals surface area contributed by atoms with E-state index in [1.54, 1.807) is 53.5 Å². The Hall–Kier alpha value is -3.39. The fraction of sp³-hybridized carbons (Fsp3) is 0.143. The molecule has 2 aromatic heterocycles. The van der Waals surface area contributed by atoms with Gasteiger partial charge >= 0.3 is 0 Å². The molecule has 0 spiro atoms. The molecule has 0 unspecified atom stereocenters. The molecule has 4 rings (SSSR count). The molecule has 2 aromatic carbocycles. The Bertz CT molecular complexity index is 1240. The molecule has 0 saturated carbocycles. The average molecular weight is 408 g/mol. The number of benzene rings is 2. The summed E-state index contributed by atoms with van der Waals surface area (Å²) < 4.78 is 36.1. The van der Waals surface area contributed by atoms with Crippen LogP contribution in [0, 0.1) is 6.92 Å². The van der Waals surface area contributed by atoms with Crippen molar-refractivity contribution >= 4 is 26.6 Å². The summed E-state index contributed by atoms with van der Waals surface area (Å²) >= 11 is 0. The Morgan fingerprint density at radius 3 is 2.79 bits per heavy atom. The van der Waals surface area contributed by atoms with Gasteiger partial charge in [-0.2, -0.15) is 5.10 Å². The maximum Gasteiger partial charge on any atom is 0.264 e. The van der Waals surface area contributed by atoms with Crippen molar-refractivity contribution in [2.45, 2.75) is 18.4 Å². The van der Waals surface area contributed by atoms with E-state index in [9.17, 15) is 8.42 Å². The van der Waals surface area contributed by atoms with Crippen molar-refractivity contribution in [3.63, 3.8) is 0 Å². The molecule has 0 fully saturated rings. The maximum atomic E-state index is 13.0. The predicted octanol–water partition coefficient (Wildman–Crippen LogP) is 3.62. The monoisotopic (exact) mass is 408 g/mol. The van der Waals surface area contributed by atoms with Gasteiger partial charge in [0.15, 0.2) is 0 Å². The van der Waals surface area contributed by atoms with Crippen molar-refractivity contribution in [1.82, 2.24) is 14.8 Å². The van der Waals surface area contributed by atoms with E-state index in [1.807, 2.05) is 31.3 Å². The van der Waals surface area contributed by atoms with Gasteiger partial charge in [-0.1, -0.05) is 18.2 Å². The number of hydrogen-bond acceptors (Lipinski definition) is 5. The molecular formula is C21H20N4O3S. The van der Waals surface area contributed by atoms with Crippen molar-refractivity contribution in [2.24, 2.45) is 0 Å². The third-order valence-corrected chi connectivity index (χ3v) is 5.75. The van der Waals surface area contributed by atoms with Gasteiger partial charge in [0.1, 0.15) is 17.3 Å². The van der Waals surface area contributed by atoms with Crippen LogP contribution in [0.5, 0.6) is 5.75 Å². The van der Waals surface area contributed by atoms with Crippen molar-refractivity contribution < 1.29 is 13.2 Å². The lowest BCUT2D eigenvalue weighted by atomic mass is 10.2. The zero-order valence-corrected chi connectivity index (χ0v) is 16.6. The Balaban J connectivity index is 1.52. The topological polar surface area (TPSA) is 86.1 Å². The molecular weight excluding hydrogens is 388 g/mol. The lowest BCUT2D eigenvalue weighted by Crippen LogP contribution is -2.14. The SMILES string of the molecule is Cc1cnc2c(S(=O)(=O)Nc3cccc(OCCn4cccn4)c3)cccc2c1. The van der Waals surface area contributed by atoms with E-state index in [1.165, 1.54) is 0 Å². The number of nitrogens with zero attached hydrogens (tertiary/aromatic N) is 3. The highest BCUT2D eigenvalue weighted by atomic mass is 32.2. The first-order valence-electron chi connectivity index (χ1n) is 9.10. The highest BCUT2D eigenvalue weighted by molar-refractivity contribution is 7.93. The van der Waals surface area contributed by atoms with Crippen molar-refractivity contribution in [3.8, 4) is 5.75 Å². The van der Waals surface area contributed by atoms with Gasteiger partial charge in [0.05, 0.1) is 17.7 Å². The normalized spacial score (nSPS) is 11.5. The summed E-state index contributed by atoms with van der Waals surface area (Å²) in [5.41, 5.74) is 1.84. The van der Waals surface area contributed by atoms with Crippen LogP contribution in [0.2, 0.25) is 0 Å². The smallest absolute Gasteiger partial charge is 0.264 e. The molecule has 0 aliphatic rings. The van der Waals surface area contributed by atoms with Crippen LogP contribution in [0.3, 0.4) is 0 Å². The van der Waals surface area contributed by atoms with E-state index in [4.69, 9.17) is 4.74 Å². The van der Waals surface area contributed by atoms with Crippen molar-refractivity contribution in [3.05, 3.63) is 78.8 Å². The summed E-state index contributed by atoms with van der Waals surface area (Å²) in [6, 6.07) is 15.7. The number of para-hydroxylation sites is 1. The second-order valence-electron chi connectivity index (χ2n) is 6.59. The summed E-state index contributed by atoms with van der Waals surface area (Å²) in [6.07, 6.45) is 5.22. The molecule has 0 bridgehead atoms. The summed E-state index contributed by atoms with van der Waals surface area (Å²) in [5.74, 6) is 0.573. The standard InChI is InChI=1S/C21H20N4O3S/c1-16-13-17-5-2-8-20(21(17)22-15-16)29(26,27)24-18-6-3-7-19(14-18)28-12-11-25-10-4-9-23-25/h2-10,13-15,24H,11-12H2,1H3. The number of rotatable bonds is 7. The molecule has 0 radical (unpaired) electrons. The van der Waals surface area contributed by atoms with Gasteiger partial charge < -0.3 is 4.74 Å². The lowest BCUT2D eigenvalue weighted by Gasteiger charge is -2.12. The fourth-order valence-corrected chi connectivity index (χ4v) is 4.24. The molecule has 0 aliphatic carbocycles. The minimum Gasteiger partial charge on any atom is -0.492 e. The number of nitrogens with one attached hydrogen (secondary N) is 1. The van der Waals surface area contributed by atoms with Crippen LogP contribution in [-0.2, 0) is 16.6 Å². The number of hydrogen-bond donors (Lipinski definition) is 1. The Kier molecular flexibility index (Phi) is 5.18. The van der Waals surface area contributed by atoms with Gasteiger partial charge in [0.2, 0.25) is 0 Å². The Labute approximate surface area is 169 Å². The van der Waals surface area contributed by atoms with E-state index in [0.29, 0.717) is 30.1 Å². The fourth-order valence-electron chi connectivity index (χ4n) is 3.01. The molecule has 7 nitrogen and oxygen atoms in total. The average Bonchev–Trinajstić information content (AvgIpc) is 3.21. The van der Waals surface area contributed by atoms with Gasteiger partial charge in [0, 0.05) is 30.0 Å². The third kappa shape index (κ3) is 4.38. The van der Waals surface area contributed by atoms with Gasteiger partial charge in [-0.25, -0.2) is 8.42 Å². The van der Waals surface area contributed by atoms with Gasteiger partial charge in [-0.05, 0) is 42.8 Å². The highest BCUT2D eigenvalue weighted by Crippen LogP contribution is 2.25. The van der Waals surface area contributed by atoms with Gasteiger partial charge in [-0.15, -0.1) is 0 Å². The molecule has 0 amide bonds. The second-order valence-corrected chi connectivity index (χ2v) is 8.24. The molecule has 2 heterocycles. The van der Waals surface area contributed by atoms with Crippen LogP contribution in [0.15, 0.2) is 78.1 Å².